The Hall–Kier alpha value is -1.66. The van der Waals surface area contributed by atoms with Gasteiger partial charge in [0.2, 0.25) is 10.0 Å². The average molecular weight is 576 g/mol. The lowest BCUT2D eigenvalue weighted by Crippen LogP contribution is -2.54. The van der Waals surface area contributed by atoms with Crippen LogP contribution in [0.2, 0.25) is 0 Å². The number of aromatic nitrogens is 1. The Morgan fingerprint density at radius 2 is 1.94 bits per heavy atom. The quantitative estimate of drug-likeness (QED) is 0.310. The molecule has 1 N–H and O–H groups in total. The van der Waals surface area contributed by atoms with Crippen molar-refractivity contribution < 1.29 is 12.9 Å². The van der Waals surface area contributed by atoms with Crippen LogP contribution in [-0.4, -0.2) is 68.0 Å². The van der Waals surface area contributed by atoms with Crippen LogP contribution in [0.1, 0.15) is 37.6 Å². The highest BCUT2D eigenvalue weighted by Gasteiger charge is 2.29. The van der Waals surface area contributed by atoms with E-state index in [4.69, 9.17) is 9.52 Å². The molecular weight excluding hydrogens is 541 g/mol. The Morgan fingerprint density at radius 1 is 1.22 bits per heavy atom. The molecule has 0 saturated carbocycles. The summed E-state index contributed by atoms with van der Waals surface area (Å²) in [6.45, 7) is 12.0. The number of aryl methyl sites for hydroxylation is 1. The first-order chi connectivity index (χ1) is 14.7. The van der Waals surface area contributed by atoms with E-state index in [-0.39, 0.29) is 35.1 Å². The van der Waals surface area contributed by atoms with Crippen molar-refractivity contribution in [1.29, 1.82) is 0 Å². The molecule has 3 rings (SSSR count). The molecule has 2 heterocycles. The highest BCUT2D eigenvalue weighted by atomic mass is 127. The number of benzene rings is 1. The predicted molar refractivity (Wildman–Crippen MR) is 138 cm³/mol. The minimum Gasteiger partial charge on any atom is -0.364 e. The molecule has 0 bridgehead atoms. The van der Waals surface area contributed by atoms with Crippen LogP contribution in [0.15, 0.2) is 46.1 Å². The van der Waals surface area contributed by atoms with Crippen LogP contribution in [0.4, 0.5) is 0 Å². The van der Waals surface area contributed by atoms with Crippen LogP contribution in [0.25, 0.3) is 0 Å². The van der Waals surface area contributed by atoms with Crippen molar-refractivity contribution in [3.8, 4) is 0 Å². The third-order valence-electron chi connectivity index (χ3n) is 5.51. The van der Waals surface area contributed by atoms with Crippen molar-refractivity contribution in [3.63, 3.8) is 0 Å². The molecule has 1 aliphatic heterocycles. The Bertz CT molecular complexity index is 985. The Kier molecular flexibility index (Phi) is 9.53. The first-order valence-electron chi connectivity index (χ1n) is 10.7. The molecule has 0 aliphatic carbocycles. The topological polar surface area (TPSA) is 91.0 Å². The van der Waals surface area contributed by atoms with Gasteiger partial charge in [-0.05, 0) is 19.4 Å². The van der Waals surface area contributed by atoms with Gasteiger partial charge in [-0.25, -0.2) is 8.42 Å². The van der Waals surface area contributed by atoms with Crippen LogP contribution >= 0.6 is 24.0 Å². The lowest BCUT2D eigenvalue weighted by molar-refractivity contribution is 0.259. The number of sulfonamides is 1. The summed E-state index contributed by atoms with van der Waals surface area (Å²) in [4.78, 5) is 7.04. The number of hydrogen-bond donors (Lipinski definition) is 1. The molecule has 1 aromatic heterocycles. The molecule has 0 radical (unpaired) electrons. The summed E-state index contributed by atoms with van der Waals surface area (Å²) in [5, 5.41) is 7.08. The molecular formula is C22H34IN5O3S. The Labute approximate surface area is 208 Å². The number of rotatable bonds is 7. The van der Waals surface area contributed by atoms with Crippen molar-refractivity contribution in [2.24, 2.45) is 4.99 Å². The fourth-order valence-corrected chi connectivity index (χ4v) is 5.05. The van der Waals surface area contributed by atoms with Gasteiger partial charge in [0.1, 0.15) is 12.0 Å². The minimum atomic E-state index is -3.42. The zero-order valence-corrected chi connectivity index (χ0v) is 22.4. The molecule has 10 heteroatoms. The number of aliphatic imine (C=N–C) groups is 1. The molecule has 0 spiro atoms. The maximum absolute atomic E-state index is 12.7. The van der Waals surface area contributed by atoms with E-state index in [0.29, 0.717) is 38.4 Å². The van der Waals surface area contributed by atoms with Crippen LogP contribution < -0.4 is 5.32 Å². The molecule has 8 nitrogen and oxygen atoms in total. The smallest absolute Gasteiger partial charge is 0.220 e. The van der Waals surface area contributed by atoms with Gasteiger partial charge < -0.3 is 14.7 Å². The van der Waals surface area contributed by atoms with Gasteiger partial charge in [-0.3, -0.25) is 4.99 Å². The monoisotopic (exact) mass is 575 g/mol. The van der Waals surface area contributed by atoms with Gasteiger partial charge in [-0.2, -0.15) is 4.31 Å². The van der Waals surface area contributed by atoms with E-state index in [2.05, 4.69) is 60.4 Å². The molecule has 1 saturated heterocycles. The van der Waals surface area contributed by atoms with Crippen LogP contribution in [0, 0.1) is 6.92 Å². The second-order valence-electron chi connectivity index (χ2n) is 8.56. The fourth-order valence-electron chi connectivity index (χ4n) is 3.62. The van der Waals surface area contributed by atoms with Gasteiger partial charge in [-0.15, -0.1) is 24.0 Å². The molecule has 178 valence electrons. The maximum Gasteiger partial charge on any atom is 0.220 e. The summed E-state index contributed by atoms with van der Waals surface area (Å²) in [5.41, 5.74) is 2.83. The maximum atomic E-state index is 12.7. The third-order valence-corrected chi connectivity index (χ3v) is 7.32. The van der Waals surface area contributed by atoms with Crippen molar-refractivity contribution in [3.05, 3.63) is 53.4 Å². The summed E-state index contributed by atoms with van der Waals surface area (Å²) in [6, 6.07) is 10.1. The summed E-state index contributed by atoms with van der Waals surface area (Å²) >= 11 is 0. The van der Waals surface area contributed by atoms with Gasteiger partial charge in [0.15, 0.2) is 5.96 Å². The predicted octanol–water partition coefficient (Wildman–Crippen LogP) is 2.99. The van der Waals surface area contributed by atoms with E-state index in [9.17, 15) is 8.42 Å². The number of piperazine rings is 1. The number of nitrogens with one attached hydrogen (secondary N) is 1. The van der Waals surface area contributed by atoms with E-state index in [1.165, 1.54) is 21.7 Å². The highest BCUT2D eigenvalue weighted by molar-refractivity contribution is 14.0. The normalized spacial score (nSPS) is 16.0. The molecule has 1 aliphatic rings. The van der Waals surface area contributed by atoms with Gasteiger partial charge >= 0.3 is 0 Å². The standard InChI is InChI=1S/C22H33N5O3S.HI/c1-5-23-21(24-17-22(3,4)19-8-6-7-18(2)15-19)26-10-12-27(13-11-26)31(28,29)16-20-9-14-30-25-20;/h6-9,14-15H,5,10-13,16-17H2,1-4H3,(H,23,24);1H. The van der Waals surface area contributed by atoms with Crippen LogP contribution in [-0.2, 0) is 21.2 Å². The number of guanidine groups is 1. The van der Waals surface area contributed by atoms with Gasteiger partial charge in [0.05, 0.1) is 12.2 Å². The number of nitrogens with zero attached hydrogens (tertiary/aromatic N) is 4. The van der Waals surface area contributed by atoms with Gasteiger partial charge in [0.25, 0.3) is 0 Å². The third kappa shape index (κ3) is 6.92. The highest BCUT2D eigenvalue weighted by Crippen LogP contribution is 2.24. The minimum absolute atomic E-state index is 0. The fraction of sp³-hybridized carbons (Fsp3) is 0.545. The first-order valence-corrected chi connectivity index (χ1v) is 12.3. The lowest BCUT2D eigenvalue weighted by atomic mass is 9.84. The second-order valence-corrected chi connectivity index (χ2v) is 10.5. The van der Waals surface area contributed by atoms with E-state index >= 15 is 0 Å². The molecule has 1 aromatic carbocycles. The van der Waals surface area contributed by atoms with Crippen molar-refractivity contribution in [2.75, 3.05) is 39.3 Å². The molecule has 0 amide bonds. The number of hydrogen-bond acceptors (Lipinski definition) is 5. The van der Waals surface area contributed by atoms with Gasteiger partial charge in [-0.1, -0.05) is 48.8 Å². The Morgan fingerprint density at radius 3 is 2.53 bits per heavy atom. The Balaban J connectivity index is 0.00000363. The van der Waals surface area contributed by atoms with E-state index in [1.54, 1.807) is 6.07 Å². The van der Waals surface area contributed by atoms with E-state index < -0.39 is 10.0 Å². The average Bonchev–Trinajstić information content (AvgIpc) is 3.23. The molecule has 2 aromatic rings. The summed E-state index contributed by atoms with van der Waals surface area (Å²) in [6.07, 6.45) is 1.39. The number of halogens is 1. The van der Waals surface area contributed by atoms with E-state index in [0.717, 1.165) is 12.5 Å². The molecule has 0 atom stereocenters. The summed E-state index contributed by atoms with van der Waals surface area (Å²) in [5.74, 6) is 0.694. The summed E-state index contributed by atoms with van der Waals surface area (Å²) < 4.78 is 31.6. The van der Waals surface area contributed by atoms with Gasteiger partial charge in [0, 0.05) is 44.2 Å². The lowest BCUT2D eigenvalue weighted by Gasteiger charge is -2.36. The second kappa shape index (κ2) is 11.5. The van der Waals surface area contributed by atoms with Crippen molar-refractivity contribution in [1.82, 2.24) is 19.7 Å². The molecule has 32 heavy (non-hydrogen) atoms. The van der Waals surface area contributed by atoms with Crippen LogP contribution in [0.3, 0.4) is 0 Å². The SMILES string of the molecule is CCNC(=NCC(C)(C)c1cccc(C)c1)N1CCN(S(=O)(=O)Cc2ccon2)CC1.I. The molecule has 0 unspecified atom stereocenters. The van der Waals surface area contributed by atoms with Crippen molar-refractivity contribution in [2.45, 2.75) is 38.9 Å². The summed E-state index contributed by atoms with van der Waals surface area (Å²) in [7, 11) is -3.42. The van der Waals surface area contributed by atoms with Crippen molar-refractivity contribution >= 4 is 40.0 Å². The largest absolute Gasteiger partial charge is 0.364 e. The zero-order chi connectivity index (χ0) is 22.5. The zero-order valence-electron chi connectivity index (χ0n) is 19.2. The molecule has 1 fully saturated rings. The van der Waals surface area contributed by atoms with Crippen LogP contribution in [0.5, 0.6) is 0 Å². The first kappa shape index (κ1) is 26.6. The van der Waals surface area contributed by atoms with E-state index in [1.807, 2.05) is 6.92 Å².